The summed E-state index contributed by atoms with van der Waals surface area (Å²) in [6.07, 6.45) is 0. The molecule has 0 aliphatic carbocycles. The minimum Gasteiger partial charge on any atom is -0.349 e. The van der Waals surface area contributed by atoms with Crippen molar-refractivity contribution in [1.29, 1.82) is 0 Å². The van der Waals surface area contributed by atoms with Crippen molar-refractivity contribution in [1.82, 2.24) is 25.5 Å². The van der Waals surface area contributed by atoms with Crippen molar-refractivity contribution in [3.05, 3.63) is 65.0 Å². The average Bonchev–Trinajstić information content (AvgIpc) is 3.09. The highest BCUT2D eigenvalue weighted by molar-refractivity contribution is 8.00. The number of para-hydroxylation sites is 1. The fourth-order valence-corrected chi connectivity index (χ4v) is 3.71. The van der Waals surface area contributed by atoms with E-state index in [0.29, 0.717) is 5.16 Å². The van der Waals surface area contributed by atoms with Crippen LogP contribution >= 0.6 is 11.8 Å². The van der Waals surface area contributed by atoms with Crippen LogP contribution in [0, 0.1) is 19.7 Å². The van der Waals surface area contributed by atoms with Crippen LogP contribution < -0.4 is 5.32 Å². The van der Waals surface area contributed by atoms with Gasteiger partial charge in [-0.2, -0.15) is 4.68 Å². The number of nitrogens with one attached hydrogen (secondary N) is 1. The molecule has 3 aromatic rings. The maximum atomic E-state index is 13.1. The van der Waals surface area contributed by atoms with Crippen molar-refractivity contribution < 1.29 is 9.18 Å². The Hall–Kier alpha value is -2.74. The van der Waals surface area contributed by atoms with Gasteiger partial charge in [-0.3, -0.25) is 4.79 Å². The molecule has 3 rings (SSSR count). The number of rotatable bonds is 6. The number of nitrogens with zero attached hydrogens (tertiary/aromatic N) is 4. The second-order valence-electron chi connectivity index (χ2n) is 6.66. The number of hydrogen-bond acceptors (Lipinski definition) is 5. The van der Waals surface area contributed by atoms with Gasteiger partial charge in [-0.15, -0.1) is 5.10 Å². The van der Waals surface area contributed by atoms with Crippen LogP contribution in [0.15, 0.2) is 47.6 Å². The van der Waals surface area contributed by atoms with Gasteiger partial charge in [0.25, 0.3) is 0 Å². The molecule has 2 atom stereocenters. The largest absolute Gasteiger partial charge is 0.349 e. The van der Waals surface area contributed by atoms with Gasteiger partial charge in [0.05, 0.1) is 17.0 Å². The minimum atomic E-state index is -0.406. The van der Waals surface area contributed by atoms with Crippen LogP contribution in [0.1, 0.15) is 36.6 Å². The first kappa shape index (κ1) is 20.0. The molecule has 146 valence electrons. The van der Waals surface area contributed by atoms with Crippen molar-refractivity contribution in [2.45, 2.75) is 44.1 Å². The molecule has 8 heteroatoms. The van der Waals surface area contributed by atoms with Gasteiger partial charge in [0.15, 0.2) is 0 Å². The number of hydrogen-bond donors (Lipinski definition) is 1. The van der Waals surface area contributed by atoms with Gasteiger partial charge in [-0.25, -0.2) is 4.39 Å². The molecular weight excluding hydrogens is 377 g/mol. The lowest BCUT2D eigenvalue weighted by atomic mass is 10.1. The van der Waals surface area contributed by atoms with E-state index in [4.69, 9.17) is 0 Å². The van der Waals surface area contributed by atoms with Gasteiger partial charge < -0.3 is 5.32 Å². The Morgan fingerprint density at radius 1 is 1.11 bits per heavy atom. The Balaban J connectivity index is 1.72. The van der Waals surface area contributed by atoms with Crippen LogP contribution in [0.2, 0.25) is 0 Å². The molecule has 1 heterocycles. The van der Waals surface area contributed by atoms with Crippen LogP contribution in [0.3, 0.4) is 0 Å². The van der Waals surface area contributed by atoms with Crippen molar-refractivity contribution in [2.75, 3.05) is 0 Å². The molecule has 1 amide bonds. The van der Waals surface area contributed by atoms with Crippen LogP contribution in [-0.2, 0) is 4.79 Å². The summed E-state index contributed by atoms with van der Waals surface area (Å²) in [6.45, 7) is 7.67. The number of benzene rings is 2. The van der Waals surface area contributed by atoms with E-state index in [1.54, 1.807) is 23.7 Å². The van der Waals surface area contributed by atoms with Crippen molar-refractivity contribution in [3.8, 4) is 5.69 Å². The number of carbonyl (C=O) groups excluding carboxylic acids is 1. The van der Waals surface area contributed by atoms with E-state index in [1.807, 2.05) is 39.0 Å². The highest BCUT2D eigenvalue weighted by Gasteiger charge is 2.22. The molecule has 0 fully saturated rings. The standard InChI is InChI=1S/C20H22FN5OS/c1-12-6-5-7-13(2)18(12)26-20(23-24-25-26)28-15(4)19(27)22-14(3)16-8-10-17(21)11-9-16/h5-11,14-15H,1-4H3,(H,22,27)/t14-,15-/m1/s1. The van der Waals surface area contributed by atoms with Gasteiger partial charge in [0.1, 0.15) is 5.82 Å². The number of tetrazole rings is 1. The lowest BCUT2D eigenvalue weighted by Crippen LogP contribution is -2.33. The fourth-order valence-electron chi connectivity index (χ4n) is 2.91. The lowest BCUT2D eigenvalue weighted by molar-refractivity contribution is -0.120. The number of thioether (sulfide) groups is 1. The number of carbonyl (C=O) groups is 1. The van der Waals surface area contributed by atoms with Gasteiger partial charge in [-0.05, 0) is 66.9 Å². The first-order chi connectivity index (χ1) is 13.4. The molecule has 0 bridgehead atoms. The Kier molecular flexibility index (Phi) is 6.08. The summed E-state index contributed by atoms with van der Waals surface area (Å²) in [6, 6.07) is 11.9. The van der Waals surface area contributed by atoms with E-state index in [0.717, 1.165) is 22.4 Å². The highest BCUT2D eigenvalue weighted by Crippen LogP contribution is 2.26. The Labute approximate surface area is 167 Å². The molecule has 0 aliphatic heterocycles. The molecule has 0 aliphatic rings. The Morgan fingerprint density at radius 3 is 2.39 bits per heavy atom. The maximum Gasteiger partial charge on any atom is 0.233 e. The lowest BCUT2D eigenvalue weighted by Gasteiger charge is -2.18. The van der Waals surface area contributed by atoms with Crippen LogP contribution in [0.25, 0.3) is 5.69 Å². The fraction of sp³-hybridized carbons (Fsp3) is 0.300. The number of aromatic nitrogens is 4. The molecule has 28 heavy (non-hydrogen) atoms. The summed E-state index contributed by atoms with van der Waals surface area (Å²) < 4.78 is 14.7. The highest BCUT2D eigenvalue weighted by atomic mass is 32.2. The zero-order valence-electron chi connectivity index (χ0n) is 16.2. The van der Waals surface area contributed by atoms with E-state index < -0.39 is 5.25 Å². The van der Waals surface area contributed by atoms with Gasteiger partial charge in [0.2, 0.25) is 11.1 Å². The number of amides is 1. The van der Waals surface area contributed by atoms with E-state index in [9.17, 15) is 9.18 Å². The molecule has 0 spiro atoms. The monoisotopic (exact) mass is 399 g/mol. The van der Waals surface area contributed by atoms with E-state index in [1.165, 1.54) is 23.9 Å². The second-order valence-corrected chi connectivity index (χ2v) is 7.96. The van der Waals surface area contributed by atoms with Crippen LogP contribution in [0.4, 0.5) is 4.39 Å². The second kappa shape index (κ2) is 8.52. The predicted octanol–water partition coefficient (Wildman–Crippen LogP) is 3.78. The van der Waals surface area contributed by atoms with Crippen LogP contribution in [0.5, 0.6) is 0 Å². The summed E-state index contributed by atoms with van der Waals surface area (Å²) in [5.41, 5.74) is 3.86. The summed E-state index contributed by atoms with van der Waals surface area (Å²) in [5, 5.41) is 15.1. The Bertz CT molecular complexity index is 953. The normalized spacial score (nSPS) is 13.2. The van der Waals surface area contributed by atoms with Crippen molar-refractivity contribution in [2.24, 2.45) is 0 Å². The molecular formula is C20H22FN5OS. The van der Waals surface area contributed by atoms with E-state index >= 15 is 0 Å². The topological polar surface area (TPSA) is 72.7 Å². The van der Waals surface area contributed by atoms with Crippen molar-refractivity contribution in [3.63, 3.8) is 0 Å². The first-order valence-electron chi connectivity index (χ1n) is 8.94. The molecule has 1 aromatic heterocycles. The summed E-state index contributed by atoms with van der Waals surface area (Å²) in [5.74, 6) is -0.442. The minimum absolute atomic E-state index is 0.141. The molecule has 0 saturated carbocycles. The smallest absolute Gasteiger partial charge is 0.233 e. The quantitative estimate of drug-likeness (QED) is 0.639. The molecule has 0 unspecified atom stereocenters. The zero-order valence-corrected chi connectivity index (χ0v) is 17.0. The Morgan fingerprint density at radius 2 is 1.75 bits per heavy atom. The SMILES string of the molecule is Cc1cccc(C)c1-n1nnnc1S[C@H](C)C(=O)N[C@H](C)c1ccc(F)cc1. The third kappa shape index (κ3) is 4.39. The third-order valence-electron chi connectivity index (χ3n) is 4.47. The van der Waals surface area contributed by atoms with Gasteiger partial charge in [-0.1, -0.05) is 42.1 Å². The van der Waals surface area contributed by atoms with Crippen molar-refractivity contribution >= 4 is 17.7 Å². The molecule has 6 nitrogen and oxygen atoms in total. The van der Waals surface area contributed by atoms with E-state index in [-0.39, 0.29) is 17.8 Å². The molecule has 0 radical (unpaired) electrons. The van der Waals surface area contributed by atoms with Crippen LogP contribution in [-0.4, -0.2) is 31.4 Å². The number of aryl methyl sites for hydroxylation is 2. The predicted molar refractivity (Wildman–Crippen MR) is 107 cm³/mol. The molecule has 0 saturated heterocycles. The summed E-state index contributed by atoms with van der Waals surface area (Å²) in [4.78, 5) is 12.6. The number of halogens is 1. The van der Waals surface area contributed by atoms with E-state index in [2.05, 4.69) is 20.8 Å². The summed E-state index contributed by atoms with van der Waals surface area (Å²) in [7, 11) is 0. The maximum absolute atomic E-state index is 13.1. The first-order valence-corrected chi connectivity index (χ1v) is 9.82. The molecule has 1 N–H and O–H groups in total. The van der Waals surface area contributed by atoms with Gasteiger partial charge >= 0.3 is 0 Å². The average molecular weight is 399 g/mol. The zero-order chi connectivity index (χ0) is 20.3. The third-order valence-corrected chi connectivity index (χ3v) is 5.51. The van der Waals surface area contributed by atoms with Gasteiger partial charge in [0, 0.05) is 0 Å². The summed E-state index contributed by atoms with van der Waals surface area (Å²) >= 11 is 1.29. The molecule has 2 aromatic carbocycles.